The lowest BCUT2D eigenvalue weighted by Crippen LogP contribution is -2.36. The van der Waals surface area contributed by atoms with E-state index in [-0.39, 0.29) is 0 Å². The molecular weight excluding hydrogens is 242 g/mol. The zero-order valence-corrected chi connectivity index (χ0v) is 13.7. The van der Waals surface area contributed by atoms with E-state index in [0.29, 0.717) is 0 Å². The fourth-order valence-electron chi connectivity index (χ4n) is 3.59. The number of piperidine rings is 1. The van der Waals surface area contributed by atoms with Gasteiger partial charge in [-0.2, -0.15) is 0 Å². The van der Waals surface area contributed by atoms with Crippen molar-refractivity contribution in [3.05, 3.63) is 35.4 Å². The van der Waals surface area contributed by atoms with Crippen LogP contribution in [0.2, 0.25) is 0 Å². The summed E-state index contributed by atoms with van der Waals surface area (Å²) in [5.41, 5.74) is 3.04. The van der Waals surface area contributed by atoms with Gasteiger partial charge in [-0.25, -0.2) is 0 Å². The molecule has 1 heterocycles. The van der Waals surface area contributed by atoms with Crippen LogP contribution in [-0.2, 0) is 6.42 Å². The molecule has 1 heteroatoms. The molecule has 1 aliphatic rings. The Kier molecular flexibility index (Phi) is 5.65. The minimum Gasteiger partial charge on any atom is -0.316 e. The largest absolute Gasteiger partial charge is 0.316 e. The molecule has 2 atom stereocenters. The normalized spacial score (nSPS) is 23.5. The molecule has 2 rings (SSSR count). The van der Waals surface area contributed by atoms with Crippen LogP contribution in [0.3, 0.4) is 0 Å². The van der Waals surface area contributed by atoms with Gasteiger partial charge in [0.1, 0.15) is 0 Å². The van der Waals surface area contributed by atoms with Crippen LogP contribution in [0.5, 0.6) is 0 Å². The van der Waals surface area contributed by atoms with E-state index < -0.39 is 0 Å². The molecule has 1 saturated heterocycles. The maximum Gasteiger partial charge on any atom is -0.00146 e. The van der Waals surface area contributed by atoms with E-state index in [1.165, 1.54) is 37.9 Å². The fraction of sp³-hybridized carbons (Fsp3) is 0.684. The van der Waals surface area contributed by atoms with Crippen molar-refractivity contribution in [2.45, 2.75) is 52.9 Å². The number of benzene rings is 1. The van der Waals surface area contributed by atoms with Gasteiger partial charge in [0.15, 0.2) is 0 Å². The second-order valence-electron chi connectivity index (χ2n) is 7.33. The molecule has 20 heavy (non-hydrogen) atoms. The maximum absolute atomic E-state index is 3.58. The van der Waals surface area contributed by atoms with Crippen LogP contribution < -0.4 is 5.32 Å². The van der Waals surface area contributed by atoms with E-state index in [2.05, 4.69) is 57.3 Å². The highest BCUT2D eigenvalue weighted by Crippen LogP contribution is 2.34. The Bertz CT molecular complexity index is 391. The number of hydrogen-bond acceptors (Lipinski definition) is 1. The molecule has 1 nitrogen and oxygen atoms in total. The molecule has 1 fully saturated rings. The van der Waals surface area contributed by atoms with Gasteiger partial charge in [-0.15, -0.1) is 0 Å². The molecule has 1 aliphatic heterocycles. The number of hydrogen-bond donors (Lipinski definition) is 1. The molecule has 2 unspecified atom stereocenters. The van der Waals surface area contributed by atoms with Crippen molar-refractivity contribution in [3.8, 4) is 0 Å². The summed E-state index contributed by atoms with van der Waals surface area (Å²) >= 11 is 0. The van der Waals surface area contributed by atoms with Gasteiger partial charge in [0.2, 0.25) is 0 Å². The second kappa shape index (κ2) is 7.26. The van der Waals surface area contributed by atoms with Gasteiger partial charge < -0.3 is 5.32 Å². The van der Waals surface area contributed by atoms with Gasteiger partial charge in [-0.1, -0.05) is 52.0 Å². The summed E-state index contributed by atoms with van der Waals surface area (Å²) in [7, 11) is 0. The lowest BCUT2D eigenvalue weighted by Gasteiger charge is -2.34. The highest BCUT2D eigenvalue weighted by molar-refractivity contribution is 5.26. The van der Waals surface area contributed by atoms with Crippen molar-refractivity contribution < 1.29 is 0 Å². The molecule has 0 aromatic heterocycles. The standard InChI is InChI=1S/C19H31N/c1-14(2)11-16-5-7-17(8-6-16)19-9-10-20-13-18(19)12-15(3)4/h5-8,14-15,18-20H,9-13H2,1-4H3. The molecule has 1 N–H and O–H groups in total. The summed E-state index contributed by atoms with van der Waals surface area (Å²) in [6.07, 6.45) is 3.83. The van der Waals surface area contributed by atoms with Crippen LogP contribution in [0.15, 0.2) is 24.3 Å². The Morgan fingerprint density at radius 3 is 2.35 bits per heavy atom. The van der Waals surface area contributed by atoms with Crippen LogP contribution in [-0.4, -0.2) is 13.1 Å². The van der Waals surface area contributed by atoms with Crippen LogP contribution in [0.25, 0.3) is 0 Å². The first-order valence-electron chi connectivity index (χ1n) is 8.35. The minimum atomic E-state index is 0.744. The van der Waals surface area contributed by atoms with Crippen molar-refractivity contribution >= 4 is 0 Å². The van der Waals surface area contributed by atoms with Gasteiger partial charge in [-0.3, -0.25) is 0 Å². The number of rotatable bonds is 5. The van der Waals surface area contributed by atoms with Gasteiger partial charge in [0.25, 0.3) is 0 Å². The third-order valence-electron chi connectivity index (χ3n) is 4.43. The number of nitrogens with one attached hydrogen (secondary N) is 1. The lowest BCUT2D eigenvalue weighted by atomic mass is 9.77. The van der Waals surface area contributed by atoms with Gasteiger partial charge in [-0.05, 0) is 67.2 Å². The molecule has 0 spiro atoms. The molecule has 0 radical (unpaired) electrons. The summed E-state index contributed by atoms with van der Waals surface area (Å²) < 4.78 is 0. The lowest BCUT2D eigenvalue weighted by molar-refractivity contribution is 0.280. The molecule has 0 bridgehead atoms. The highest BCUT2D eigenvalue weighted by Gasteiger charge is 2.26. The molecule has 0 saturated carbocycles. The van der Waals surface area contributed by atoms with E-state index in [4.69, 9.17) is 0 Å². The smallest absolute Gasteiger partial charge is 0.00146 e. The van der Waals surface area contributed by atoms with Crippen LogP contribution in [0, 0.1) is 17.8 Å². The Hall–Kier alpha value is -0.820. The molecular formula is C19H31N. The molecule has 1 aromatic rings. The summed E-state index contributed by atoms with van der Waals surface area (Å²) in [4.78, 5) is 0. The third-order valence-corrected chi connectivity index (χ3v) is 4.43. The van der Waals surface area contributed by atoms with Crippen molar-refractivity contribution in [2.75, 3.05) is 13.1 Å². The van der Waals surface area contributed by atoms with Crippen LogP contribution in [0.1, 0.15) is 57.6 Å². The first-order chi connectivity index (χ1) is 9.56. The SMILES string of the molecule is CC(C)Cc1ccc(C2CCNCC2CC(C)C)cc1. The van der Waals surface area contributed by atoms with Crippen molar-refractivity contribution in [1.29, 1.82) is 0 Å². The Balaban J connectivity index is 2.07. The summed E-state index contributed by atoms with van der Waals surface area (Å²) in [6, 6.07) is 9.48. The Morgan fingerprint density at radius 2 is 1.75 bits per heavy atom. The summed E-state index contributed by atoms with van der Waals surface area (Å²) in [5, 5.41) is 3.58. The van der Waals surface area contributed by atoms with Crippen molar-refractivity contribution in [1.82, 2.24) is 5.32 Å². The van der Waals surface area contributed by atoms with Crippen LogP contribution in [0.4, 0.5) is 0 Å². The predicted molar refractivity (Wildman–Crippen MR) is 88.2 cm³/mol. The molecule has 0 aliphatic carbocycles. The molecule has 112 valence electrons. The first kappa shape index (κ1) is 15.6. The molecule has 0 amide bonds. The van der Waals surface area contributed by atoms with E-state index in [1.54, 1.807) is 5.56 Å². The second-order valence-corrected chi connectivity index (χ2v) is 7.33. The zero-order valence-electron chi connectivity index (χ0n) is 13.7. The molecule has 1 aromatic carbocycles. The fourth-order valence-corrected chi connectivity index (χ4v) is 3.59. The Morgan fingerprint density at radius 1 is 1.05 bits per heavy atom. The van der Waals surface area contributed by atoms with Crippen molar-refractivity contribution in [2.24, 2.45) is 17.8 Å². The monoisotopic (exact) mass is 273 g/mol. The minimum absolute atomic E-state index is 0.744. The first-order valence-corrected chi connectivity index (χ1v) is 8.35. The topological polar surface area (TPSA) is 12.0 Å². The summed E-state index contributed by atoms with van der Waals surface area (Å²) in [6.45, 7) is 11.6. The quantitative estimate of drug-likeness (QED) is 0.825. The van der Waals surface area contributed by atoms with Gasteiger partial charge >= 0.3 is 0 Å². The van der Waals surface area contributed by atoms with Gasteiger partial charge in [0, 0.05) is 0 Å². The highest BCUT2D eigenvalue weighted by atomic mass is 14.9. The van der Waals surface area contributed by atoms with E-state index in [0.717, 1.165) is 23.7 Å². The van der Waals surface area contributed by atoms with Crippen molar-refractivity contribution in [3.63, 3.8) is 0 Å². The van der Waals surface area contributed by atoms with E-state index in [9.17, 15) is 0 Å². The predicted octanol–water partition coefficient (Wildman–Crippen LogP) is 4.62. The summed E-state index contributed by atoms with van der Waals surface area (Å²) in [5.74, 6) is 3.10. The van der Waals surface area contributed by atoms with Gasteiger partial charge in [0.05, 0.1) is 0 Å². The average Bonchev–Trinajstić information content (AvgIpc) is 2.39. The average molecular weight is 273 g/mol. The van der Waals surface area contributed by atoms with E-state index >= 15 is 0 Å². The zero-order chi connectivity index (χ0) is 14.5. The van der Waals surface area contributed by atoms with Crippen LogP contribution >= 0.6 is 0 Å². The third kappa shape index (κ3) is 4.34. The Labute approximate surface area is 125 Å². The maximum atomic E-state index is 3.58. The van der Waals surface area contributed by atoms with E-state index in [1.807, 2.05) is 0 Å².